The summed E-state index contributed by atoms with van der Waals surface area (Å²) in [6.45, 7) is 7.51. The van der Waals surface area contributed by atoms with Crippen LogP contribution in [0.4, 0.5) is 0 Å². The third-order valence-electron chi connectivity index (χ3n) is 6.33. The highest BCUT2D eigenvalue weighted by atomic mass is 16.5. The van der Waals surface area contributed by atoms with Crippen LogP contribution in [0.25, 0.3) is 10.9 Å². The van der Waals surface area contributed by atoms with Crippen molar-refractivity contribution in [3.63, 3.8) is 0 Å². The molecule has 28 heavy (non-hydrogen) atoms. The van der Waals surface area contributed by atoms with Crippen molar-refractivity contribution >= 4 is 16.9 Å². The topological polar surface area (TPSA) is 54.6 Å². The van der Waals surface area contributed by atoms with Gasteiger partial charge in [-0.2, -0.15) is 0 Å². The van der Waals surface area contributed by atoms with Crippen molar-refractivity contribution in [2.45, 2.75) is 52.5 Å². The minimum absolute atomic E-state index is 0.135. The van der Waals surface area contributed by atoms with Crippen molar-refractivity contribution in [3.8, 4) is 5.75 Å². The Balaban J connectivity index is 1.78. The molecule has 0 spiro atoms. The van der Waals surface area contributed by atoms with E-state index in [9.17, 15) is 4.79 Å². The van der Waals surface area contributed by atoms with Gasteiger partial charge in [-0.25, -0.2) is 4.79 Å². The molecule has 0 radical (unpaired) electrons. The lowest BCUT2D eigenvalue weighted by Gasteiger charge is -2.45. The Bertz CT molecular complexity index is 927. The minimum atomic E-state index is -0.135. The van der Waals surface area contributed by atoms with Gasteiger partial charge in [0.2, 0.25) is 0 Å². The largest absolute Gasteiger partial charge is 0.497 e. The molecule has 0 amide bonds. The van der Waals surface area contributed by atoms with E-state index in [1.807, 2.05) is 13.0 Å². The van der Waals surface area contributed by atoms with Crippen molar-refractivity contribution < 1.29 is 14.3 Å². The van der Waals surface area contributed by atoms with Crippen molar-refractivity contribution in [3.05, 3.63) is 40.7 Å². The van der Waals surface area contributed by atoms with Crippen molar-refractivity contribution in [2.75, 3.05) is 20.3 Å². The van der Waals surface area contributed by atoms with E-state index in [1.54, 1.807) is 7.11 Å². The smallest absolute Gasteiger partial charge is 0.336 e. The maximum atomic E-state index is 12.7. The molecule has 5 nitrogen and oxygen atoms in total. The molecule has 0 saturated carbocycles. The van der Waals surface area contributed by atoms with Gasteiger partial charge in [0.25, 0.3) is 0 Å². The van der Waals surface area contributed by atoms with Gasteiger partial charge < -0.3 is 19.4 Å². The number of nitrogens with one attached hydrogen (secondary N) is 1. The number of aromatic nitrogens is 1. The number of nitrogens with zero attached hydrogens (tertiary/aromatic N) is 1. The van der Waals surface area contributed by atoms with Gasteiger partial charge in [-0.05, 0) is 62.8 Å². The molecule has 4 rings (SSSR count). The highest BCUT2D eigenvalue weighted by molar-refractivity contribution is 5.90. The number of carbonyl (C=O) groups excluding carboxylic acids is 1. The van der Waals surface area contributed by atoms with E-state index in [4.69, 9.17) is 9.47 Å². The van der Waals surface area contributed by atoms with Crippen molar-refractivity contribution in [1.29, 1.82) is 0 Å². The Morgan fingerprint density at radius 1 is 1.32 bits per heavy atom. The molecule has 0 fully saturated rings. The van der Waals surface area contributed by atoms with Crippen LogP contribution in [0.5, 0.6) is 5.75 Å². The molecule has 1 N–H and O–H groups in total. The molecule has 3 heterocycles. The number of methoxy groups -OCH3 is 1. The van der Waals surface area contributed by atoms with E-state index in [1.165, 1.54) is 16.6 Å². The number of benzene rings is 1. The van der Waals surface area contributed by atoms with E-state index in [-0.39, 0.29) is 17.9 Å². The van der Waals surface area contributed by atoms with Gasteiger partial charge in [0, 0.05) is 28.8 Å². The number of carbonyl (C=O) groups is 1. The first kappa shape index (κ1) is 18.9. The van der Waals surface area contributed by atoms with Gasteiger partial charge in [0.1, 0.15) is 5.75 Å². The molecule has 0 aliphatic carbocycles. The van der Waals surface area contributed by atoms with E-state index >= 15 is 0 Å². The van der Waals surface area contributed by atoms with Gasteiger partial charge in [-0.3, -0.25) is 0 Å². The highest BCUT2D eigenvalue weighted by Gasteiger charge is 2.40. The SMILES string of the molecule is CCC[C@@H]1C[C@H]2c3[nH]c4ccc(OC)cc4c3CCN2C(C)=C1C(=O)OCC. The van der Waals surface area contributed by atoms with Crippen LogP contribution in [-0.2, 0) is 16.0 Å². The molecule has 0 bridgehead atoms. The van der Waals surface area contributed by atoms with Crippen LogP contribution in [0, 0.1) is 5.92 Å². The normalized spacial score (nSPS) is 21.5. The molecular weight excluding hydrogens is 352 g/mol. The number of rotatable bonds is 5. The molecule has 150 valence electrons. The number of fused-ring (bicyclic) bond motifs is 5. The molecule has 2 aliphatic heterocycles. The van der Waals surface area contributed by atoms with Crippen LogP contribution in [0.15, 0.2) is 29.5 Å². The van der Waals surface area contributed by atoms with Crippen LogP contribution in [0.2, 0.25) is 0 Å². The average molecular weight is 383 g/mol. The first-order valence-corrected chi connectivity index (χ1v) is 10.4. The van der Waals surface area contributed by atoms with Gasteiger partial charge in [0.05, 0.1) is 25.3 Å². The maximum Gasteiger partial charge on any atom is 0.336 e. The van der Waals surface area contributed by atoms with Gasteiger partial charge in [-0.1, -0.05) is 13.3 Å². The lowest BCUT2D eigenvalue weighted by molar-refractivity contribution is -0.139. The van der Waals surface area contributed by atoms with Gasteiger partial charge >= 0.3 is 5.97 Å². The van der Waals surface area contributed by atoms with Gasteiger partial charge in [-0.15, -0.1) is 0 Å². The van der Waals surface area contributed by atoms with E-state index in [0.29, 0.717) is 6.61 Å². The fourth-order valence-electron chi connectivity index (χ4n) is 5.09. The van der Waals surface area contributed by atoms with Crippen molar-refractivity contribution in [2.24, 2.45) is 5.92 Å². The lowest BCUT2D eigenvalue weighted by atomic mass is 9.79. The standard InChI is InChI=1S/C23H30N2O3/c1-5-7-15-12-20-22-17(18-13-16(27-4)8-9-19(18)24-22)10-11-25(20)14(3)21(15)23(26)28-6-2/h8-9,13,15,20,24H,5-7,10-12H2,1-4H3/t15-,20+/m1/s1. The summed E-state index contributed by atoms with van der Waals surface area (Å²) in [5.41, 5.74) is 5.85. The summed E-state index contributed by atoms with van der Waals surface area (Å²) in [7, 11) is 1.71. The summed E-state index contributed by atoms with van der Waals surface area (Å²) in [6, 6.07) is 6.54. The molecule has 2 atom stereocenters. The number of aromatic amines is 1. The molecule has 0 saturated heterocycles. The summed E-state index contributed by atoms with van der Waals surface area (Å²) in [5.74, 6) is 1.01. The zero-order chi connectivity index (χ0) is 19.8. The fraction of sp³-hybridized carbons (Fsp3) is 0.522. The third kappa shape index (κ3) is 2.97. The molecule has 0 unspecified atom stereocenters. The first-order chi connectivity index (χ1) is 13.6. The quantitative estimate of drug-likeness (QED) is 0.760. The van der Waals surface area contributed by atoms with Crippen LogP contribution < -0.4 is 4.74 Å². The summed E-state index contributed by atoms with van der Waals surface area (Å²) >= 11 is 0. The first-order valence-electron chi connectivity index (χ1n) is 10.4. The fourth-order valence-corrected chi connectivity index (χ4v) is 5.09. The molecule has 1 aromatic carbocycles. The Labute approximate surface area is 166 Å². The van der Waals surface area contributed by atoms with E-state index in [2.05, 4.69) is 35.9 Å². The number of allylic oxidation sites excluding steroid dienone is 1. The van der Waals surface area contributed by atoms with E-state index in [0.717, 1.165) is 54.8 Å². The summed E-state index contributed by atoms with van der Waals surface area (Å²) in [4.78, 5) is 18.8. The third-order valence-corrected chi connectivity index (χ3v) is 6.33. The molecule has 2 aliphatic rings. The minimum Gasteiger partial charge on any atom is -0.497 e. The van der Waals surface area contributed by atoms with Crippen molar-refractivity contribution in [1.82, 2.24) is 9.88 Å². The maximum absolute atomic E-state index is 12.7. The average Bonchev–Trinajstić information content (AvgIpc) is 3.06. The Hall–Kier alpha value is -2.43. The number of esters is 1. The Kier molecular flexibility index (Phi) is 5.09. The van der Waals surface area contributed by atoms with Crippen LogP contribution in [0.3, 0.4) is 0 Å². The van der Waals surface area contributed by atoms with Crippen LogP contribution in [-0.4, -0.2) is 36.1 Å². The number of hydrogen-bond acceptors (Lipinski definition) is 4. The predicted molar refractivity (Wildman–Crippen MR) is 110 cm³/mol. The summed E-state index contributed by atoms with van der Waals surface area (Å²) in [6.07, 6.45) is 3.99. The number of H-pyrrole nitrogens is 1. The highest BCUT2D eigenvalue weighted by Crippen LogP contribution is 2.46. The lowest BCUT2D eigenvalue weighted by Crippen LogP contribution is -2.41. The Morgan fingerprint density at radius 2 is 2.14 bits per heavy atom. The number of hydrogen-bond donors (Lipinski definition) is 1. The van der Waals surface area contributed by atoms with E-state index < -0.39 is 0 Å². The molecule has 2 aromatic rings. The molecule has 1 aromatic heterocycles. The second kappa shape index (κ2) is 7.53. The second-order valence-corrected chi connectivity index (χ2v) is 7.83. The number of ether oxygens (including phenoxy) is 2. The summed E-state index contributed by atoms with van der Waals surface area (Å²) in [5, 5.41) is 1.26. The van der Waals surface area contributed by atoms with Crippen LogP contribution in [0.1, 0.15) is 57.3 Å². The second-order valence-electron chi connectivity index (χ2n) is 7.83. The zero-order valence-electron chi connectivity index (χ0n) is 17.3. The predicted octanol–water partition coefficient (Wildman–Crippen LogP) is 4.73. The Morgan fingerprint density at radius 3 is 2.86 bits per heavy atom. The summed E-state index contributed by atoms with van der Waals surface area (Å²) < 4.78 is 10.8. The van der Waals surface area contributed by atoms with Crippen LogP contribution >= 0.6 is 0 Å². The zero-order valence-corrected chi connectivity index (χ0v) is 17.3. The molecular formula is C23H30N2O3. The van der Waals surface area contributed by atoms with Gasteiger partial charge in [0.15, 0.2) is 0 Å². The monoisotopic (exact) mass is 382 g/mol. The molecule has 5 heteroatoms.